The lowest BCUT2D eigenvalue weighted by Gasteiger charge is -2.20. The number of hydrogen-bond donors (Lipinski definition) is 1. The van der Waals surface area contributed by atoms with Gasteiger partial charge in [0.25, 0.3) is 5.91 Å². The third-order valence-electron chi connectivity index (χ3n) is 3.85. The average Bonchev–Trinajstić information content (AvgIpc) is 3.10. The van der Waals surface area contributed by atoms with Crippen LogP contribution in [-0.4, -0.2) is 47.7 Å². The number of rotatable bonds is 3. The number of carbonyl (C=O) groups is 2. The van der Waals surface area contributed by atoms with Crippen molar-refractivity contribution in [3.8, 4) is 0 Å². The van der Waals surface area contributed by atoms with Crippen molar-refractivity contribution < 1.29 is 23.8 Å². The molecule has 1 saturated heterocycles. The summed E-state index contributed by atoms with van der Waals surface area (Å²) in [6.07, 6.45) is 1.42. The summed E-state index contributed by atoms with van der Waals surface area (Å²) in [5.41, 5.74) is 0.990. The van der Waals surface area contributed by atoms with E-state index in [0.29, 0.717) is 23.0 Å². The predicted molar refractivity (Wildman–Crippen MR) is 74.1 cm³/mol. The molecule has 0 aliphatic carbocycles. The molecule has 110 valence electrons. The molecule has 1 aliphatic rings. The highest BCUT2D eigenvalue weighted by Gasteiger charge is 2.40. The van der Waals surface area contributed by atoms with Gasteiger partial charge >= 0.3 is 5.97 Å². The Morgan fingerprint density at radius 3 is 2.86 bits per heavy atom. The highest BCUT2D eigenvalue weighted by molar-refractivity contribution is 6.07. The minimum Gasteiger partial charge on any atom is -0.480 e. The fraction of sp³-hybridized carbons (Fsp3) is 0.333. The van der Waals surface area contributed by atoms with Crippen molar-refractivity contribution in [2.24, 2.45) is 0 Å². The molecule has 2 atom stereocenters. The molecule has 1 fully saturated rings. The van der Waals surface area contributed by atoms with Gasteiger partial charge in [0.1, 0.15) is 17.9 Å². The van der Waals surface area contributed by atoms with Crippen LogP contribution in [0.1, 0.15) is 16.8 Å². The van der Waals surface area contributed by atoms with Crippen LogP contribution in [0.15, 0.2) is 34.9 Å². The van der Waals surface area contributed by atoms with Crippen molar-refractivity contribution >= 4 is 22.8 Å². The third kappa shape index (κ3) is 2.27. The van der Waals surface area contributed by atoms with E-state index in [-0.39, 0.29) is 18.6 Å². The second-order valence-corrected chi connectivity index (χ2v) is 5.05. The number of para-hydroxylation sites is 1. The first-order chi connectivity index (χ1) is 10.1. The molecule has 0 saturated carbocycles. The van der Waals surface area contributed by atoms with E-state index in [1.54, 1.807) is 12.1 Å². The summed E-state index contributed by atoms with van der Waals surface area (Å²) < 4.78 is 10.5. The number of ether oxygens (including phenoxy) is 1. The Bertz CT molecular complexity index is 692. The third-order valence-corrected chi connectivity index (χ3v) is 3.85. The zero-order valence-electron chi connectivity index (χ0n) is 11.5. The smallest absolute Gasteiger partial charge is 0.326 e. The maximum Gasteiger partial charge on any atom is 0.326 e. The van der Waals surface area contributed by atoms with E-state index >= 15 is 0 Å². The fourth-order valence-electron chi connectivity index (χ4n) is 2.72. The number of hydrogen-bond acceptors (Lipinski definition) is 4. The van der Waals surface area contributed by atoms with Crippen molar-refractivity contribution in [3.05, 3.63) is 36.1 Å². The van der Waals surface area contributed by atoms with Crippen LogP contribution in [0.2, 0.25) is 0 Å². The highest BCUT2D eigenvalue weighted by Crippen LogP contribution is 2.27. The Kier molecular flexibility index (Phi) is 3.39. The van der Waals surface area contributed by atoms with Crippen LogP contribution >= 0.6 is 0 Å². The lowest BCUT2D eigenvalue weighted by Crippen LogP contribution is -2.40. The Labute approximate surface area is 120 Å². The van der Waals surface area contributed by atoms with E-state index in [9.17, 15) is 14.7 Å². The van der Waals surface area contributed by atoms with Crippen LogP contribution in [0.4, 0.5) is 0 Å². The van der Waals surface area contributed by atoms with Crippen LogP contribution in [0.25, 0.3) is 11.0 Å². The van der Waals surface area contributed by atoms with Gasteiger partial charge in [-0.25, -0.2) is 4.79 Å². The number of likely N-dealkylation sites (tertiary alicyclic amines) is 1. The molecule has 6 heteroatoms. The molecule has 1 aliphatic heterocycles. The number of methoxy groups -OCH3 is 1. The maximum atomic E-state index is 12.6. The van der Waals surface area contributed by atoms with Gasteiger partial charge in [0.05, 0.1) is 11.7 Å². The van der Waals surface area contributed by atoms with Gasteiger partial charge in [-0.3, -0.25) is 4.79 Å². The lowest BCUT2D eigenvalue weighted by molar-refractivity contribution is -0.141. The molecule has 2 heterocycles. The monoisotopic (exact) mass is 289 g/mol. The van der Waals surface area contributed by atoms with Crippen molar-refractivity contribution in [2.45, 2.75) is 18.6 Å². The molecule has 0 radical (unpaired) electrons. The Morgan fingerprint density at radius 2 is 2.14 bits per heavy atom. The van der Waals surface area contributed by atoms with Gasteiger partial charge in [0, 0.05) is 25.5 Å². The minimum absolute atomic E-state index is 0.256. The number of amides is 1. The van der Waals surface area contributed by atoms with Crippen molar-refractivity contribution in [2.75, 3.05) is 13.7 Å². The van der Waals surface area contributed by atoms with Gasteiger partial charge in [-0.1, -0.05) is 18.2 Å². The fourth-order valence-corrected chi connectivity index (χ4v) is 2.72. The number of aliphatic carboxylic acids is 1. The number of fused-ring (bicyclic) bond motifs is 1. The predicted octanol–water partition coefficient (Wildman–Crippen LogP) is 1.75. The molecule has 1 aromatic carbocycles. The summed E-state index contributed by atoms with van der Waals surface area (Å²) in [7, 11) is 1.52. The molecule has 0 bridgehead atoms. The van der Waals surface area contributed by atoms with E-state index < -0.39 is 12.0 Å². The van der Waals surface area contributed by atoms with Gasteiger partial charge in [-0.2, -0.15) is 0 Å². The molecular weight excluding hydrogens is 274 g/mol. The van der Waals surface area contributed by atoms with E-state index in [0.717, 1.165) is 0 Å². The number of carbonyl (C=O) groups excluding carboxylic acids is 1. The van der Waals surface area contributed by atoms with E-state index in [4.69, 9.17) is 9.15 Å². The van der Waals surface area contributed by atoms with Crippen LogP contribution in [0.3, 0.4) is 0 Å². The van der Waals surface area contributed by atoms with Gasteiger partial charge in [0.2, 0.25) is 0 Å². The Balaban J connectivity index is 1.95. The summed E-state index contributed by atoms with van der Waals surface area (Å²) in [6.45, 7) is 0.270. The molecule has 21 heavy (non-hydrogen) atoms. The average molecular weight is 289 g/mol. The van der Waals surface area contributed by atoms with Crippen LogP contribution in [-0.2, 0) is 9.53 Å². The van der Waals surface area contributed by atoms with Crippen molar-refractivity contribution in [3.63, 3.8) is 0 Å². The molecule has 1 aromatic heterocycles. The first kappa shape index (κ1) is 13.6. The van der Waals surface area contributed by atoms with Crippen molar-refractivity contribution in [1.29, 1.82) is 0 Å². The second-order valence-electron chi connectivity index (χ2n) is 5.05. The lowest BCUT2D eigenvalue weighted by atomic mass is 10.1. The number of carboxylic acid groups (broad SMARTS) is 1. The second kappa shape index (κ2) is 5.21. The van der Waals surface area contributed by atoms with Crippen LogP contribution in [0, 0.1) is 0 Å². The number of benzene rings is 1. The Morgan fingerprint density at radius 1 is 1.38 bits per heavy atom. The van der Waals surface area contributed by atoms with Crippen molar-refractivity contribution in [1.82, 2.24) is 4.90 Å². The first-order valence-electron chi connectivity index (χ1n) is 6.64. The summed E-state index contributed by atoms with van der Waals surface area (Å²) in [5.74, 6) is -1.36. The summed E-state index contributed by atoms with van der Waals surface area (Å²) in [6, 6.07) is 6.31. The summed E-state index contributed by atoms with van der Waals surface area (Å²) >= 11 is 0. The molecule has 2 unspecified atom stereocenters. The number of carboxylic acids is 1. The largest absolute Gasteiger partial charge is 0.480 e. The molecule has 6 nitrogen and oxygen atoms in total. The topological polar surface area (TPSA) is 80.0 Å². The standard InChI is InChI=1S/C15H15NO5/c1-20-9-6-12(15(18)19)16(7-9)14(17)11-8-21-13-5-3-2-4-10(11)13/h2-5,8-9,12H,6-7H2,1H3,(H,18,19). The van der Waals surface area contributed by atoms with E-state index in [1.807, 2.05) is 12.1 Å². The molecule has 1 N–H and O–H groups in total. The SMILES string of the molecule is COC1CC(C(=O)O)N(C(=O)c2coc3ccccc23)C1. The minimum atomic E-state index is -1.02. The zero-order chi connectivity index (χ0) is 15.0. The van der Waals surface area contributed by atoms with E-state index in [2.05, 4.69) is 0 Å². The molecule has 2 aromatic rings. The van der Waals surface area contributed by atoms with Gasteiger partial charge < -0.3 is 19.2 Å². The molecular formula is C15H15NO5. The summed E-state index contributed by atoms with van der Waals surface area (Å²) in [4.78, 5) is 25.3. The molecule has 1 amide bonds. The van der Waals surface area contributed by atoms with Crippen LogP contribution < -0.4 is 0 Å². The highest BCUT2D eigenvalue weighted by atomic mass is 16.5. The van der Waals surface area contributed by atoms with Crippen LogP contribution in [0.5, 0.6) is 0 Å². The normalized spacial score (nSPS) is 21.9. The zero-order valence-corrected chi connectivity index (χ0v) is 11.5. The summed E-state index contributed by atoms with van der Waals surface area (Å²) in [5, 5.41) is 9.97. The van der Waals surface area contributed by atoms with E-state index in [1.165, 1.54) is 18.3 Å². The Hall–Kier alpha value is -2.34. The first-order valence-corrected chi connectivity index (χ1v) is 6.64. The van der Waals surface area contributed by atoms with Gasteiger partial charge in [0.15, 0.2) is 0 Å². The van der Waals surface area contributed by atoms with Gasteiger partial charge in [-0.05, 0) is 6.07 Å². The molecule has 0 spiro atoms. The molecule has 3 rings (SSSR count). The number of furan rings is 1. The number of nitrogens with zero attached hydrogens (tertiary/aromatic N) is 1. The van der Waals surface area contributed by atoms with Gasteiger partial charge in [-0.15, -0.1) is 0 Å². The maximum absolute atomic E-state index is 12.6. The quantitative estimate of drug-likeness (QED) is 0.931.